The first-order chi connectivity index (χ1) is 16.8. The summed E-state index contributed by atoms with van der Waals surface area (Å²) in [6, 6.07) is 26.6. The van der Waals surface area contributed by atoms with Crippen molar-refractivity contribution >= 4 is 21.8 Å². The van der Waals surface area contributed by atoms with Gasteiger partial charge in [0, 0.05) is 19.6 Å². The molecule has 0 unspecified atom stereocenters. The summed E-state index contributed by atoms with van der Waals surface area (Å²) in [6.07, 6.45) is 1.09. The van der Waals surface area contributed by atoms with Gasteiger partial charge in [-0.1, -0.05) is 91.0 Å². The molecule has 1 atom stereocenters. The van der Waals surface area contributed by atoms with Gasteiger partial charge in [-0.15, -0.1) is 0 Å². The maximum Gasteiger partial charge on any atom is 0.247 e. The van der Waals surface area contributed by atoms with Crippen molar-refractivity contribution in [2.45, 2.75) is 26.1 Å². The standard InChI is InChI=1S/C27H31N3O4S/c1-3-28-27(32)26(24-17-11-6-12-18-24)30(20-23-15-9-5-10-16-23)25(31)21-29(35(2,33)34)19-22-13-7-4-8-14-22/h4-18,26H,3,19-21H2,1-2H3,(H,28,32)/t26-/m1/s1. The number of carbonyl (C=O) groups is 2. The van der Waals surface area contributed by atoms with Crippen LogP contribution in [0.1, 0.15) is 29.7 Å². The zero-order valence-electron chi connectivity index (χ0n) is 20.0. The summed E-state index contributed by atoms with van der Waals surface area (Å²) in [5.41, 5.74) is 2.25. The number of carbonyl (C=O) groups excluding carboxylic acids is 2. The van der Waals surface area contributed by atoms with Crippen LogP contribution < -0.4 is 5.32 Å². The van der Waals surface area contributed by atoms with Crippen LogP contribution in [0.2, 0.25) is 0 Å². The van der Waals surface area contributed by atoms with Crippen molar-refractivity contribution in [1.29, 1.82) is 0 Å². The molecule has 3 rings (SSSR count). The lowest BCUT2D eigenvalue weighted by atomic mass is 10.0. The minimum Gasteiger partial charge on any atom is -0.354 e. The molecule has 0 saturated carbocycles. The molecule has 0 aliphatic rings. The molecule has 0 radical (unpaired) electrons. The van der Waals surface area contributed by atoms with Gasteiger partial charge < -0.3 is 10.2 Å². The molecule has 0 aromatic heterocycles. The molecule has 0 fully saturated rings. The van der Waals surface area contributed by atoms with Crippen LogP contribution in [0.5, 0.6) is 0 Å². The molecule has 2 amide bonds. The van der Waals surface area contributed by atoms with Crippen molar-refractivity contribution < 1.29 is 18.0 Å². The van der Waals surface area contributed by atoms with Gasteiger partial charge in [0.2, 0.25) is 21.8 Å². The molecule has 0 aliphatic heterocycles. The fourth-order valence-electron chi connectivity index (χ4n) is 3.80. The van der Waals surface area contributed by atoms with Gasteiger partial charge in [-0.3, -0.25) is 9.59 Å². The van der Waals surface area contributed by atoms with Gasteiger partial charge in [-0.25, -0.2) is 8.42 Å². The van der Waals surface area contributed by atoms with Crippen molar-refractivity contribution in [2.24, 2.45) is 0 Å². The van der Waals surface area contributed by atoms with Crippen molar-refractivity contribution in [2.75, 3.05) is 19.3 Å². The molecule has 7 nitrogen and oxygen atoms in total. The SMILES string of the molecule is CCNC(=O)[C@@H](c1ccccc1)N(Cc1ccccc1)C(=O)CN(Cc1ccccc1)S(C)(=O)=O. The van der Waals surface area contributed by atoms with Crippen LogP contribution in [0.4, 0.5) is 0 Å². The minimum absolute atomic E-state index is 0.0573. The third-order valence-electron chi connectivity index (χ3n) is 5.52. The van der Waals surface area contributed by atoms with E-state index in [0.717, 1.165) is 21.7 Å². The van der Waals surface area contributed by atoms with E-state index in [2.05, 4.69) is 5.32 Å². The average molecular weight is 494 g/mol. The highest BCUT2D eigenvalue weighted by atomic mass is 32.2. The Kier molecular flexibility index (Phi) is 9.17. The van der Waals surface area contributed by atoms with Crippen LogP contribution in [0.25, 0.3) is 0 Å². The van der Waals surface area contributed by atoms with Crippen LogP contribution in [0, 0.1) is 0 Å². The number of nitrogens with one attached hydrogen (secondary N) is 1. The quantitative estimate of drug-likeness (QED) is 0.444. The molecule has 0 bridgehead atoms. The molecule has 3 aromatic carbocycles. The topological polar surface area (TPSA) is 86.8 Å². The van der Waals surface area contributed by atoms with Gasteiger partial charge >= 0.3 is 0 Å². The molecule has 3 aromatic rings. The second-order valence-electron chi connectivity index (χ2n) is 8.23. The number of amides is 2. The van der Waals surface area contributed by atoms with E-state index in [9.17, 15) is 18.0 Å². The average Bonchev–Trinajstić information content (AvgIpc) is 2.85. The zero-order chi connectivity index (χ0) is 25.3. The lowest BCUT2D eigenvalue weighted by molar-refractivity contribution is -0.141. The fraction of sp³-hybridized carbons (Fsp3) is 0.259. The molecule has 184 valence electrons. The van der Waals surface area contributed by atoms with Crippen LogP contribution in [-0.2, 0) is 32.7 Å². The van der Waals surface area contributed by atoms with Crippen LogP contribution in [0.3, 0.4) is 0 Å². The number of hydrogen-bond acceptors (Lipinski definition) is 4. The van der Waals surface area contributed by atoms with E-state index in [-0.39, 0.29) is 25.5 Å². The second kappa shape index (κ2) is 12.3. The Morgan fingerprint density at radius 3 is 1.77 bits per heavy atom. The Morgan fingerprint density at radius 2 is 1.29 bits per heavy atom. The third-order valence-corrected chi connectivity index (χ3v) is 6.72. The van der Waals surface area contributed by atoms with E-state index < -0.39 is 22.0 Å². The molecule has 0 heterocycles. The van der Waals surface area contributed by atoms with E-state index in [1.807, 2.05) is 85.8 Å². The minimum atomic E-state index is -3.70. The number of hydrogen-bond donors (Lipinski definition) is 1. The van der Waals surface area contributed by atoms with Crippen molar-refractivity contribution in [3.63, 3.8) is 0 Å². The number of nitrogens with zero attached hydrogens (tertiary/aromatic N) is 2. The Labute approximate surface area is 207 Å². The molecule has 0 aliphatic carbocycles. The highest BCUT2D eigenvalue weighted by molar-refractivity contribution is 7.88. The van der Waals surface area contributed by atoms with Gasteiger partial charge in [-0.2, -0.15) is 4.31 Å². The molecule has 0 saturated heterocycles. The normalized spacial score (nSPS) is 12.2. The number of sulfonamides is 1. The molecule has 8 heteroatoms. The summed E-state index contributed by atoms with van der Waals surface area (Å²) in [5, 5.41) is 2.82. The van der Waals surface area contributed by atoms with E-state index in [1.54, 1.807) is 12.1 Å². The lowest BCUT2D eigenvalue weighted by Crippen LogP contribution is -2.47. The van der Waals surface area contributed by atoms with Crippen LogP contribution >= 0.6 is 0 Å². The van der Waals surface area contributed by atoms with E-state index >= 15 is 0 Å². The van der Waals surface area contributed by atoms with Gasteiger partial charge in [0.1, 0.15) is 6.04 Å². The lowest BCUT2D eigenvalue weighted by Gasteiger charge is -2.33. The van der Waals surface area contributed by atoms with E-state index in [1.165, 1.54) is 4.90 Å². The fourth-order valence-corrected chi connectivity index (χ4v) is 4.53. The van der Waals surface area contributed by atoms with Gasteiger partial charge in [0.25, 0.3) is 0 Å². The van der Waals surface area contributed by atoms with E-state index in [4.69, 9.17) is 0 Å². The first-order valence-corrected chi connectivity index (χ1v) is 13.3. The first kappa shape index (κ1) is 26.1. The first-order valence-electron chi connectivity index (χ1n) is 11.4. The van der Waals surface area contributed by atoms with Crippen molar-refractivity contribution in [3.8, 4) is 0 Å². The Morgan fingerprint density at radius 1 is 0.800 bits per heavy atom. The predicted molar refractivity (Wildman–Crippen MR) is 137 cm³/mol. The Balaban J connectivity index is 1.99. The smallest absolute Gasteiger partial charge is 0.247 e. The summed E-state index contributed by atoms with van der Waals surface area (Å²) in [5.74, 6) is -0.785. The van der Waals surface area contributed by atoms with Gasteiger partial charge in [0.15, 0.2) is 0 Å². The van der Waals surface area contributed by atoms with Gasteiger partial charge in [-0.05, 0) is 23.6 Å². The molecule has 1 N–H and O–H groups in total. The third kappa shape index (κ3) is 7.50. The largest absolute Gasteiger partial charge is 0.354 e. The summed E-state index contributed by atoms with van der Waals surface area (Å²) in [4.78, 5) is 28.4. The number of benzene rings is 3. The summed E-state index contributed by atoms with van der Waals surface area (Å²) < 4.78 is 26.3. The molecular formula is C27H31N3O4S. The monoisotopic (exact) mass is 493 g/mol. The molecule has 0 spiro atoms. The maximum absolute atomic E-state index is 13.8. The highest BCUT2D eigenvalue weighted by Gasteiger charge is 2.33. The summed E-state index contributed by atoms with van der Waals surface area (Å²) in [6.45, 7) is 2.04. The number of rotatable bonds is 11. The zero-order valence-corrected chi connectivity index (χ0v) is 20.8. The summed E-state index contributed by atoms with van der Waals surface area (Å²) in [7, 11) is -3.70. The second-order valence-corrected chi connectivity index (χ2v) is 10.2. The maximum atomic E-state index is 13.8. The van der Waals surface area contributed by atoms with Gasteiger partial charge in [0.05, 0.1) is 12.8 Å². The summed E-state index contributed by atoms with van der Waals surface area (Å²) >= 11 is 0. The van der Waals surface area contributed by atoms with Crippen molar-refractivity contribution in [1.82, 2.24) is 14.5 Å². The predicted octanol–water partition coefficient (Wildman–Crippen LogP) is 3.35. The number of likely N-dealkylation sites (N-methyl/N-ethyl adjacent to an activating group) is 1. The van der Waals surface area contributed by atoms with Crippen LogP contribution in [-0.4, -0.2) is 48.8 Å². The Hall–Kier alpha value is -3.49. The molecule has 35 heavy (non-hydrogen) atoms. The highest BCUT2D eigenvalue weighted by Crippen LogP contribution is 2.24. The Bertz CT molecular complexity index is 1200. The molecular weight excluding hydrogens is 462 g/mol. The van der Waals surface area contributed by atoms with E-state index in [0.29, 0.717) is 12.1 Å². The van der Waals surface area contributed by atoms with Crippen LogP contribution in [0.15, 0.2) is 91.0 Å². The van der Waals surface area contributed by atoms with Crippen molar-refractivity contribution in [3.05, 3.63) is 108 Å².